The van der Waals surface area contributed by atoms with Crippen LogP contribution in [0.2, 0.25) is 0 Å². The first-order valence-corrected chi connectivity index (χ1v) is 9.07. The zero-order valence-corrected chi connectivity index (χ0v) is 15.4. The molecule has 0 fully saturated rings. The summed E-state index contributed by atoms with van der Waals surface area (Å²) in [6, 6.07) is 13.4. The number of hydrogen-bond donors (Lipinski definition) is 0. The highest BCUT2D eigenvalue weighted by molar-refractivity contribution is 7.98. The number of benzene rings is 1. The number of nitrogens with zero attached hydrogens (tertiary/aromatic N) is 3. The highest BCUT2D eigenvalue weighted by atomic mass is 32.2. The number of hydrogen-bond acceptors (Lipinski definition) is 5. The molecule has 0 aliphatic carbocycles. The number of pyridine rings is 1. The molecule has 0 saturated heterocycles. The summed E-state index contributed by atoms with van der Waals surface area (Å²) in [5.74, 6) is 1.43. The Balaban J connectivity index is 1.74. The zero-order chi connectivity index (χ0) is 18.4. The monoisotopic (exact) mass is 365 g/mol. The van der Waals surface area contributed by atoms with Crippen LogP contribution in [-0.4, -0.2) is 27.7 Å². The molecular formula is C20H19N3O2S. The Hall–Kier alpha value is -2.86. The van der Waals surface area contributed by atoms with Crippen molar-refractivity contribution < 1.29 is 9.53 Å². The van der Waals surface area contributed by atoms with E-state index in [4.69, 9.17) is 4.74 Å². The van der Waals surface area contributed by atoms with E-state index < -0.39 is 0 Å². The topological polar surface area (TPSA) is 57.0 Å². The molecule has 0 amide bonds. The number of allylic oxidation sites excluding steroid dienone is 1. The predicted octanol–water partition coefficient (Wildman–Crippen LogP) is 4.01. The van der Waals surface area contributed by atoms with Crippen molar-refractivity contribution in [3.63, 3.8) is 0 Å². The second-order valence-corrected chi connectivity index (χ2v) is 6.60. The van der Waals surface area contributed by atoms with Crippen molar-refractivity contribution in [1.29, 1.82) is 0 Å². The Morgan fingerprint density at radius 3 is 2.85 bits per heavy atom. The van der Waals surface area contributed by atoms with E-state index in [0.29, 0.717) is 5.69 Å². The standard InChI is InChI=1S/C20H19N3O2S/c1-23-12-10-17(22-23)18(24)8-6-15-7-9-19(25-2)16(13-15)14-26-20-5-3-4-11-21-20/h3-13H,14H2,1-2H3/b8-6+. The van der Waals surface area contributed by atoms with Gasteiger partial charge in [-0.25, -0.2) is 4.98 Å². The van der Waals surface area contributed by atoms with E-state index in [1.807, 2.05) is 36.4 Å². The minimum atomic E-state index is -0.120. The molecular weight excluding hydrogens is 346 g/mol. The molecule has 2 aromatic heterocycles. The van der Waals surface area contributed by atoms with Crippen LogP contribution < -0.4 is 4.74 Å². The average Bonchev–Trinajstić information content (AvgIpc) is 3.12. The summed E-state index contributed by atoms with van der Waals surface area (Å²) in [6.45, 7) is 0. The molecule has 3 aromatic rings. The predicted molar refractivity (Wildman–Crippen MR) is 103 cm³/mol. The molecule has 0 spiro atoms. The van der Waals surface area contributed by atoms with Gasteiger partial charge in [0.05, 0.1) is 12.1 Å². The normalized spacial score (nSPS) is 11.0. The van der Waals surface area contributed by atoms with Crippen LogP contribution in [0.1, 0.15) is 21.6 Å². The van der Waals surface area contributed by atoms with E-state index >= 15 is 0 Å². The molecule has 0 radical (unpaired) electrons. The van der Waals surface area contributed by atoms with Gasteiger partial charge in [-0.3, -0.25) is 9.48 Å². The quantitative estimate of drug-likeness (QED) is 0.360. The van der Waals surface area contributed by atoms with Crippen LogP contribution in [0, 0.1) is 0 Å². The summed E-state index contributed by atoms with van der Waals surface area (Å²) < 4.78 is 7.06. The van der Waals surface area contributed by atoms with Crippen LogP contribution in [0.5, 0.6) is 5.75 Å². The highest BCUT2D eigenvalue weighted by Gasteiger charge is 2.07. The maximum Gasteiger partial charge on any atom is 0.206 e. The number of aromatic nitrogens is 3. The Morgan fingerprint density at radius 1 is 1.27 bits per heavy atom. The van der Waals surface area contributed by atoms with Gasteiger partial charge in [-0.05, 0) is 42.0 Å². The Kier molecular flexibility index (Phi) is 5.86. The molecule has 26 heavy (non-hydrogen) atoms. The maximum atomic E-state index is 12.2. The van der Waals surface area contributed by atoms with Crippen LogP contribution in [0.25, 0.3) is 6.08 Å². The fraction of sp³-hybridized carbons (Fsp3) is 0.150. The van der Waals surface area contributed by atoms with E-state index in [2.05, 4.69) is 10.1 Å². The van der Waals surface area contributed by atoms with Crippen LogP contribution >= 0.6 is 11.8 Å². The van der Waals surface area contributed by atoms with Gasteiger partial charge in [-0.2, -0.15) is 5.10 Å². The van der Waals surface area contributed by atoms with Crippen LogP contribution in [0.4, 0.5) is 0 Å². The van der Waals surface area contributed by atoms with E-state index in [9.17, 15) is 4.79 Å². The molecule has 132 valence electrons. The number of carbonyl (C=O) groups excluding carboxylic acids is 1. The summed E-state index contributed by atoms with van der Waals surface area (Å²) >= 11 is 1.64. The van der Waals surface area contributed by atoms with E-state index in [1.165, 1.54) is 0 Å². The lowest BCUT2D eigenvalue weighted by molar-refractivity contribution is 0.104. The van der Waals surface area contributed by atoms with Gasteiger partial charge in [0.15, 0.2) is 0 Å². The first kappa shape index (κ1) is 17.9. The van der Waals surface area contributed by atoms with Crippen LogP contribution in [0.3, 0.4) is 0 Å². The second kappa shape index (κ2) is 8.49. The molecule has 0 unspecified atom stereocenters. The van der Waals surface area contributed by atoms with Crippen molar-refractivity contribution in [3.05, 3.63) is 77.8 Å². The summed E-state index contributed by atoms with van der Waals surface area (Å²) in [5, 5.41) is 5.08. The molecule has 5 nitrogen and oxygen atoms in total. The van der Waals surface area contributed by atoms with Gasteiger partial charge in [0, 0.05) is 30.8 Å². The maximum absolute atomic E-state index is 12.2. The fourth-order valence-corrected chi connectivity index (χ4v) is 3.24. The number of thioether (sulfide) groups is 1. The summed E-state index contributed by atoms with van der Waals surface area (Å²) in [6.07, 6.45) is 6.87. The molecule has 2 heterocycles. The lowest BCUT2D eigenvalue weighted by Crippen LogP contribution is -1.97. The van der Waals surface area contributed by atoms with E-state index in [-0.39, 0.29) is 5.78 Å². The minimum Gasteiger partial charge on any atom is -0.496 e. The minimum absolute atomic E-state index is 0.120. The van der Waals surface area contributed by atoms with Gasteiger partial charge in [-0.1, -0.05) is 18.2 Å². The SMILES string of the molecule is COc1ccc(/C=C/C(=O)c2ccn(C)n2)cc1CSc1ccccn1. The van der Waals surface area contributed by atoms with Crippen LogP contribution in [-0.2, 0) is 12.8 Å². The summed E-state index contributed by atoms with van der Waals surface area (Å²) in [4.78, 5) is 16.5. The van der Waals surface area contributed by atoms with Crippen LogP contribution in [0.15, 0.2) is 66.0 Å². The lowest BCUT2D eigenvalue weighted by atomic mass is 10.1. The van der Waals surface area contributed by atoms with Gasteiger partial charge < -0.3 is 4.74 Å². The number of ketones is 1. The van der Waals surface area contributed by atoms with E-state index in [1.54, 1.807) is 61.2 Å². The third-order valence-electron chi connectivity index (χ3n) is 3.71. The number of carbonyl (C=O) groups is 1. The van der Waals surface area contributed by atoms with Gasteiger partial charge in [0.2, 0.25) is 5.78 Å². The van der Waals surface area contributed by atoms with Crippen molar-refractivity contribution in [3.8, 4) is 5.75 Å². The van der Waals surface area contributed by atoms with Gasteiger partial charge >= 0.3 is 0 Å². The molecule has 6 heteroatoms. The molecule has 1 aromatic carbocycles. The molecule has 0 N–H and O–H groups in total. The Bertz CT molecular complexity index is 920. The van der Waals surface area contributed by atoms with Crippen molar-refractivity contribution in [2.75, 3.05) is 7.11 Å². The summed E-state index contributed by atoms with van der Waals surface area (Å²) in [5.41, 5.74) is 2.42. The number of ether oxygens (including phenoxy) is 1. The zero-order valence-electron chi connectivity index (χ0n) is 14.6. The molecule has 0 aliphatic heterocycles. The number of rotatable bonds is 7. The molecule has 3 rings (SSSR count). The Labute approximate surface area is 156 Å². The van der Waals surface area contributed by atoms with Crippen molar-refractivity contribution in [2.24, 2.45) is 7.05 Å². The molecule has 0 saturated carbocycles. The lowest BCUT2D eigenvalue weighted by Gasteiger charge is -2.09. The number of methoxy groups -OCH3 is 1. The van der Waals surface area contributed by atoms with Gasteiger partial charge in [-0.15, -0.1) is 11.8 Å². The highest BCUT2D eigenvalue weighted by Crippen LogP contribution is 2.28. The third-order valence-corrected chi connectivity index (χ3v) is 4.70. The second-order valence-electron chi connectivity index (χ2n) is 5.60. The van der Waals surface area contributed by atoms with Crippen molar-refractivity contribution in [2.45, 2.75) is 10.8 Å². The number of aryl methyl sites for hydroxylation is 1. The van der Waals surface area contributed by atoms with E-state index in [0.717, 1.165) is 27.7 Å². The Morgan fingerprint density at radius 2 is 2.15 bits per heavy atom. The molecule has 0 bridgehead atoms. The average molecular weight is 365 g/mol. The smallest absolute Gasteiger partial charge is 0.206 e. The molecule has 0 atom stereocenters. The summed E-state index contributed by atoms with van der Waals surface area (Å²) in [7, 11) is 3.44. The first-order valence-electron chi connectivity index (χ1n) is 8.08. The van der Waals surface area contributed by atoms with Crippen molar-refractivity contribution in [1.82, 2.24) is 14.8 Å². The van der Waals surface area contributed by atoms with Crippen molar-refractivity contribution >= 4 is 23.6 Å². The third kappa shape index (κ3) is 4.61. The van der Waals surface area contributed by atoms with Gasteiger partial charge in [0.25, 0.3) is 0 Å². The largest absolute Gasteiger partial charge is 0.496 e. The van der Waals surface area contributed by atoms with Gasteiger partial charge in [0.1, 0.15) is 11.4 Å². The first-order chi connectivity index (χ1) is 12.7. The molecule has 0 aliphatic rings. The fourth-order valence-electron chi connectivity index (χ4n) is 2.40.